The van der Waals surface area contributed by atoms with E-state index in [0.717, 1.165) is 25.9 Å². The maximum Gasteiger partial charge on any atom is 0.326 e. The van der Waals surface area contributed by atoms with Crippen LogP contribution in [0.3, 0.4) is 0 Å². The number of carbonyl (C=O) groups is 3. The zero-order valence-electron chi connectivity index (χ0n) is 19.1. The normalized spacial score (nSPS) is 20.7. The number of esters is 1. The van der Waals surface area contributed by atoms with Gasteiger partial charge in [0, 0.05) is 18.4 Å². The number of carboxylic acid groups (broad SMARTS) is 1. The highest BCUT2D eigenvalue weighted by Crippen LogP contribution is 2.37. The summed E-state index contributed by atoms with van der Waals surface area (Å²) in [7, 11) is 2.15. The smallest absolute Gasteiger partial charge is 0.326 e. The molecule has 1 aromatic carbocycles. The monoisotopic (exact) mass is 432 g/mol. The van der Waals surface area contributed by atoms with Crippen molar-refractivity contribution in [1.82, 2.24) is 10.2 Å². The molecular weight excluding hydrogens is 396 g/mol. The number of amides is 1. The Labute approximate surface area is 185 Å². The van der Waals surface area contributed by atoms with E-state index in [4.69, 9.17) is 9.84 Å². The van der Waals surface area contributed by atoms with Crippen molar-refractivity contribution in [2.45, 2.75) is 70.8 Å². The average molecular weight is 433 g/mol. The van der Waals surface area contributed by atoms with E-state index in [1.165, 1.54) is 18.4 Å². The summed E-state index contributed by atoms with van der Waals surface area (Å²) in [5, 5.41) is 11.6. The second-order valence-electron chi connectivity index (χ2n) is 8.96. The Balaban J connectivity index is 1.98. The molecule has 0 aromatic heterocycles. The number of carbonyl (C=O) groups excluding carboxylic acids is 2. The molecular formula is C24H36N2O5. The van der Waals surface area contributed by atoms with Crippen LogP contribution in [0.25, 0.3) is 0 Å². The van der Waals surface area contributed by atoms with Gasteiger partial charge in [-0.3, -0.25) is 9.59 Å². The molecule has 2 atom stereocenters. The molecule has 0 saturated carbocycles. The van der Waals surface area contributed by atoms with Crippen LogP contribution in [0.4, 0.5) is 0 Å². The fraction of sp³-hybridized carbons (Fsp3) is 0.625. The van der Waals surface area contributed by atoms with Gasteiger partial charge in [-0.25, -0.2) is 4.79 Å². The van der Waals surface area contributed by atoms with E-state index in [-0.39, 0.29) is 24.2 Å². The minimum absolute atomic E-state index is 0.0379. The molecule has 0 radical (unpaired) electrons. The molecule has 0 aliphatic carbocycles. The molecule has 7 heteroatoms. The van der Waals surface area contributed by atoms with E-state index < -0.39 is 23.9 Å². The maximum atomic E-state index is 12.3. The van der Waals surface area contributed by atoms with Crippen LogP contribution >= 0.6 is 0 Å². The standard InChI is InChI=1S/C24H36N2O5/c1-5-24(13-6-7-14-26(4)16-24)18-9-8-10-19(15-18)31-21(28)12-11-20(27)25-22(17(2)3)23(29)30/h8-10,15,17,22H,5-7,11-14,16H2,1-4H3,(H,25,27)(H,29,30). The van der Waals surface area contributed by atoms with Crippen LogP contribution in [0.5, 0.6) is 5.75 Å². The number of likely N-dealkylation sites (N-methyl/N-ethyl adjacent to an activating group) is 1. The summed E-state index contributed by atoms with van der Waals surface area (Å²) >= 11 is 0. The van der Waals surface area contributed by atoms with Gasteiger partial charge >= 0.3 is 11.9 Å². The first-order valence-corrected chi connectivity index (χ1v) is 11.2. The van der Waals surface area contributed by atoms with Crippen LogP contribution in [0, 0.1) is 5.92 Å². The van der Waals surface area contributed by atoms with Crippen molar-refractivity contribution in [1.29, 1.82) is 0 Å². The Kier molecular flexibility index (Phi) is 9.04. The van der Waals surface area contributed by atoms with Gasteiger partial charge in [0.2, 0.25) is 5.91 Å². The number of likely N-dealkylation sites (tertiary alicyclic amines) is 1. The predicted molar refractivity (Wildman–Crippen MR) is 119 cm³/mol. The van der Waals surface area contributed by atoms with Gasteiger partial charge in [0.25, 0.3) is 0 Å². The molecule has 1 saturated heterocycles. The number of nitrogens with zero attached hydrogens (tertiary/aromatic N) is 1. The molecule has 31 heavy (non-hydrogen) atoms. The molecule has 0 spiro atoms. The highest BCUT2D eigenvalue weighted by Gasteiger charge is 2.33. The summed E-state index contributed by atoms with van der Waals surface area (Å²) in [6, 6.07) is 6.74. The topological polar surface area (TPSA) is 95.9 Å². The quantitative estimate of drug-likeness (QED) is 0.459. The lowest BCUT2D eigenvalue weighted by Crippen LogP contribution is -2.44. The first-order valence-electron chi connectivity index (χ1n) is 11.2. The van der Waals surface area contributed by atoms with Crippen molar-refractivity contribution in [2.24, 2.45) is 5.92 Å². The first kappa shape index (κ1) is 24.9. The SMILES string of the molecule is CCC1(c2cccc(OC(=O)CCC(=O)NC(C(=O)O)C(C)C)c2)CCCCN(C)C1. The molecule has 2 unspecified atom stereocenters. The lowest BCUT2D eigenvalue weighted by Gasteiger charge is -2.35. The molecule has 0 bridgehead atoms. The number of nitrogens with one attached hydrogen (secondary N) is 1. The molecule has 1 fully saturated rings. The molecule has 1 aliphatic heterocycles. The Morgan fingerprint density at radius 1 is 1.23 bits per heavy atom. The van der Waals surface area contributed by atoms with Crippen LogP contribution in [0.1, 0.15) is 64.9 Å². The fourth-order valence-electron chi connectivity index (χ4n) is 4.29. The summed E-state index contributed by atoms with van der Waals surface area (Å²) in [5.41, 5.74) is 1.21. The van der Waals surface area contributed by atoms with E-state index >= 15 is 0 Å². The summed E-state index contributed by atoms with van der Waals surface area (Å²) in [5.74, 6) is -1.83. The Morgan fingerprint density at radius 2 is 1.97 bits per heavy atom. The van der Waals surface area contributed by atoms with Gasteiger partial charge in [0.1, 0.15) is 11.8 Å². The van der Waals surface area contributed by atoms with E-state index in [1.54, 1.807) is 19.9 Å². The van der Waals surface area contributed by atoms with E-state index in [2.05, 4.69) is 30.3 Å². The lowest BCUT2D eigenvalue weighted by molar-refractivity contribution is -0.143. The summed E-state index contributed by atoms with van der Waals surface area (Å²) in [6.07, 6.45) is 4.25. The molecule has 1 heterocycles. The number of rotatable bonds is 9. The van der Waals surface area contributed by atoms with Gasteiger partial charge in [0.15, 0.2) is 0 Å². The molecule has 172 valence electrons. The number of ether oxygens (including phenoxy) is 1. The predicted octanol–water partition coefficient (Wildman–Crippen LogP) is 3.36. The van der Waals surface area contributed by atoms with E-state index in [0.29, 0.717) is 5.75 Å². The van der Waals surface area contributed by atoms with E-state index in [9.17, 15) is 14.4 Å². The van der Waals surface area contributed by atoms with Crippen molar-refractivity contribution in [3.05, 3.63) is 29.8 Å². The molecule has 2 N–H and O–H groups in total. The number of hydrogen-bond donors (Lipinski definition) is 2. The molecule has 1 aromatic rings. The first-order chi connectivity index (χ1) is 14.7. The highest BCUT2D eigenvalue weighted by atomic mass is 16.5. The molecule has 1 aliphatic rings. The third kappa shape index (κ3) is 7.06. The van der Waals surface area contributed by atoms with Gasteiger partial charge in [-0.1, -0.05) is 39.3 Å². The highest BCUT2D eigenvalue weighted by molar-refractivity contribution is 5.86. The number of benzene rings is 1. The molecule has 2 rings (SSSR count). The number of carboxylic acids is 1. The number of aliphatic carboxylic acids is 1. The van der Waals surface area contributed by atoms with Crippen molar-refractivity contribution >= 4 is 17.8 Å². The summed E-state index contributed by atoms with van der Waals surface area (Å²) in [6.45, 7) is 7.71. The fourth-order valence-corrected chi connectivity index (χ4v) is 4.29. The zero-order chi connectivity index (χ0) is 23.0. The Hall–Kier alpha value is -2.41. The molecule has 1 amide bonds. The third-order valence-corrected chi connectivity index (χ3v) is 6.18. The van der Waals surface area contributed by atoms with Crippen molar-refractivity contribution in [3.63, 3.8) is 0 Å². The number of hydrogen-bond acceptors (Lipinski definition) is 5. The van der Waals surface area contributed by atoms with Crippen LogP contribution in [-0.4, -0.2) is 54.0 Å². The van der Waals surface area contributed by atoms with Gasteiger partial charge < -0.3 is 20.1 Å². The van der Waals surface area contributed by atoms with Crippen LogP contribution in [0.2, 0.25) is 0 Å². The van der Waals surface area contributed by atoms with Crippen molar-refractivity contribution < 1.29 is 24.2 Å². The zero-order valence-corrected chi connectivity index (χ0v) is 19.1. The van der Waals surface area contributed by atoms with E-state index in [1.807, 2.05) is 12.1 Å². The lowest BCUT2D eigenvalue weighted by atomic mass is 9.74. The van der Waals surface area contributed by atoms with Gasteiger partial charge in [-0.05, 0) is 56.5 Å². The van der Waals surface area contributed by atoms with Crippen LogP contribution in [0.15, 0.2) is 24.3 Å². The van der Waals surface area contributed by atoms with Crippen LogP contribution in [-0.2, 0) is 19.8 Å². The second kappa shape index (κ2) is 11.3. The minimum Gasteiger partial charge on any atom is -0.480 e. The Morgan fingerprint density at radius 3 is 2.61 bits per heavy atom. The largest absolute Gasteiger partial charge is 0.480 e. The van der Waals surface area contributed by atoms with Crippen LogP contribution < -0.4 is 10.1 Å². The second-order valence-corrected chi connectivity index (χ2v) is 8.96. The van der Waals surface area contributed by atoms with Gasteiger partial charge in [0.05, 0.1) is 6.42 Å². The van der Waals surface area contributed by atoms with Gasteiger partial charge in [-0.15, -0.1) is 0 Å². The maximum absolute atomic E-state index is 12.3. The minimum atomic E-state index is -1.09. The van der Waals surface area contributed by atoms with Gasteiger partial charge in [-0.2, -0.15) is 0 Å². The molecule has 7 nitrogen and oxygen atoms in total. The third-order valence-electron chi connectivity index (χ3n) is 6.18. The summed E-state index contributed by atoms with van der Waals surface area (Å²) in [4.78, 5) is 37.9. The summed E-state index contributed by atoms with van der Waals surface area (Å²) < 4.78 is 5.49. The Bertz CT molecular complexity index is 779. The van der Waals surface area contributed by atoms with Crippen molar-refractivity contribution in [2.75, 3.05) is 20.1 Å². The average Bonchev–Trinajstić information content (AvgIpc) is 2.92. The van der Waals surface area contributed by atoms with Crippen molar-refractivity contribution in [3.8, 4) is 5.75 Å².